The van der Waals surface area contributed by atoms with Crippen LogP contribution in [-0.2, 0) is 11.3 Å². The van der Waals surface area contributed by atoms with Gasteiger partial charge in [-0.15, -0.1) is 0 Å². The summed E-state index contributed by atoms with van der Waals surface area (Å²) in [6, 6.07) is 10.9. The first-order valence-electron chi connectivity index (χ1n) is 14.4. The second-order valence-electron chi connectivity index (χ2n) is 11.5. The van der Waals surface area contributed by atoms with Crippen LogP contribution in [-0.4, -0.2) is 72.4 Å². The second-order valence-corrected chi connectivity index (χ2v) is 11.5. The quantitative estimate of drug-likeness (QED) is 0.505. The third kappa shape index (κ3) is 6.20. The molecule has 2 aromatic carbocycles. The van der Waals surface area contributed by atoms with E-state index in [0.717, 1.165) is 42.7 Å². The van der Waals surface area contributed by atoms with E-state index in [9.17, 15) is 14.7 Å². The van der Waals surface area contributed by atoms with Crippen LogP contribution in [0.2, 0.25) is 0 Å². The third-order valence-electron chi connectivity index (χ3n) is 8.31. The standard InChI is InChI=1S/C31H41N3O6/c1-20-15-34(21(2)18-35)31(37)24-10-7-11-25(32-30(36)23-8-5-4-6-9-23)29(24)40-28(20)17-33(3)16-22-12-13-26-27(14-22)39-19-38-26/h7,10-14,20-21,23,28,35H,4-6,8-9,15-19H2,1-3H3,(H,32,36)/t20-,21-,28+/m0/s1. The van der Waals surface area contributed by atoms with Gasteiger partial charge in [0.25, 0.3) is 5.91 Å². The molecule has 0 bridgehead atoms. The molecule has 0 aromatic heterocycles. The maximum absolute atomic E-state index is 13.7. The van der Waals surface area contributed by atoms with Gasteiger partial charge in [0.2, 0.25) is 12.7 Å². The molecule has 2 aliphatic heterocycles. The van der Waals surface area contributed by atoms with Gasteiger partial charge in [0.1, 0.15) is 6.10 Å². The molecule has 3 aliphatic rings. The summed E-state index contributed by atoms with van der Waals surface area (Å²) in [6.45, 7) is 5.73. The maximum atomic E-state index is 13.7. The normalized spacial score (nSPS) is 21.8. The molecular weight excluding hydrogens is 510 g/mol. The monoisotopic (exact) mass is 551 g/mol. The van der Waals surface area contributed by atoms with Crippen molar-refractivity contribution in [2.45, 2.75) is 64.6 Å². The van der Waals surface area contributed by atoms with Crippen molar-refractivity contribution in [3.05, 3.63) is 47.5 Å². The minimum Gasteiger partial charge on any atom is -0.486 e. The molecule has 216 valence electrons. The van der Waals surface area contributed by atoms with Gasteiger partial charge < -0.3 is 29.5 Å². The average Bonchev–Trinajstić information content (AvgIpc) is 3.43. The number of aliphatic hydroxyl groups is 1. The molecule has 0 saturated heterocycles. The number of para-hydroxylation sites is 1. The highest BCUT2D eigenvalue weighted by atomic mass is 16.7. The Hall–Kier alpha value is -3.30. The van der Waals surface area contributed by atoms with Gasteiger partial charge in [-0.05, 0) is 56.6 Å². The Labute approximate surface area is 236 Å². The van der Waals surface area contributed by atoms with E-state index in [0.29, 0.717) is 36.6 Å². The molecule has 2 amide bonds. The number of benzene rings is 2. The summed E-state index contributed by atoms with van der Waals surface area (Å²) in [4.78, 5) is 30.8. The fourth-order valence-corrected chi connectivity index (χ4v) is 5.88. The van der Waals surface area contributed by atoms with E-state index in [4.69, 9.17) is 14.2 Å². The number of fused-ring (bicyclic) bond motifs is 2. The van der Waals surface area contributed by atoms with Crippen LogP contribution < -0.4 is 19.5 Å². The number of rotatable bonds is 8. The van der Waals surface area contributed by atoms with Crippen molar-refractivity contribution >= 4 is 17.5 Å². The molecule has 0 unspecified atom stereocenters. The SMILES string of the molecule is C[C@H]1CN([C@@H](C)CO)C(=O)c2cccc(NC(=O)C3CCCCC3)c2O[C@@H]1CN(C)Cc1ccc2c(c1)OCO2. The topological polar surface area (TPSA) is 101 Å². The highest BCUT2D eigenvalue weighted by molar-refractivity contribution is 6.02. The molecule has 5 rings (SSSR count). The van der Waals surface area contributed by atoms with Crippen molar-refractivity contribution < 1.29 is 28.9 Å². The first-order chi connectivity index (χ1) is 19.3. The molecule has 2 heterocycles. The number of ether oxygens (including phenoxy) is 3. The van der Waals surface area contributed by atoms with E-state index < -0.39 is 0 Å². The molecule has 1 aliphatic carbocycles. The largest absolute Gasteiger partial charge is 0.486 e. The number of nitrogens with one attached hydrogen (secondary N) is 1. The van der Waals surface area contributed by atoms with Crippen LogP contribution in [0.4, 0.5) is 5.69 Å². The Balaban J connectivity index is 1.40. The Morgan fingerprint density at radius 1 is 1.15 bits per heavy atom. The second kappa shape index (κ2) is 12.5. The number of amides is 2. The minimum atomic E-state index is -0.353. The van der Waals surface area contributed by atoms with Crippen LogP contribution in [0.1, 0.15) is 61.9 Å². The van der Waals surface area contributed by atoms with Crippen molar-refractivity contribution in [2.24, 2.45) is 11.8 Å². The molecule has 0 radical (unpaired) electrons. The Morgan fingerprint density at radius 2 is 1.93 bits per heavy atom. The van der Waals surface area contributed by atoms with E-state index >= 15 is 0 Å². The number of nitrogens with zero attached hydrogens (tertiary/aromatic N) is 2. The zero-order chi connectivity index (χ0) is 28.2. The summed E-state index contributed by atoms with van der Waals surface area (Å²) in [5.41, 5.74) is 2.02. The van der Waals surface area contributed by atoms with Gasteiger partial charge in [0.15, 0.2) is 17.2 Å². The lowest BCUT2D eigenvalue weighted by Gasteiger charge is -2.38. The molecule has 1 saturated carbocycles. The molecule has 9 nitrogen and oxygen atoms in total. The van der Waals surface area contributed by atoms with E-state index in [1.54, 1.807) is 17.0 Å². The molecule has 2 aromatic rings. The zero-order valence-corrected chi connectivity index (χ0v) is 23.7. The number of anilines is 1. The summed E-state index contributed by atoms with van der Waals surface area (Å²) in [5, 5.41) is 13.0. The van der Waals surface area contributed by atoms with Crippen LogP contribution >= 0.6 is 0 Å². The molecule has 3 atom stereocenters. The van der Waals surface area contributed by atoms with Crippen molar-refractivity contribution in [1.82, 2.24) is 9.80 Å². The summed E-state index contributed by atoms with van der Waals surface area (Å²) < 4.78 is 17.7. The fourth-order valence-electron chi connectivity index (χ4n) is 5.88. The number of carbonyl (C=O) groups excluding carboxylic acids is 2. The van der Waals surface area contributed by atoms with Gasteiger partial charge in [0, 0.05) is 31.5 Å². The number of hydrogen-bond donors (Lipinski definition) is 2. The highest BCUT2D eigenvalue weighted by Gasteiger charge is 2.35. The lowest BCUT2D eigenvalue weighted by molar-refractivity contribution is -0.120. The van der Waals surface area contributed by atoms with Crippen LogP contribution in [0, 0.1) is 11.8 Å². The first kappa shape index (κ1) is 28.2. The van der Waals surface area contributed by atoms with Gasteiger partial charge in [0.05, 0.1) is 23.9 Å². The van der Waals surface area contributed by atoms with Crippen LogP contribution in [0.3, 0.4) is 0 Å². The third-order valence-corrected chi connectivity index (χ3v) is 8.31. The van der Waals surface area contributed by atoms with Gasteiger partial charge in [-0.25, -0.2) is 0 Å². The molecule has 40 heavy (non-hydrogen) atoms. The number of carbonyl (C=O) groups is 2. The Kier molecular flexibility index (Phi) is 8.81. The number of likely N-dealkylation sites (N-methyl/N-ethyl adjacent to an activating group) is 1. The molecule has 2 N–H and O–H groups in total. The first-order valence-corrected chi connectivity index (χ1v) is 14.4. The van der Waals surface area contributed by atoms with Crippen molar-refractivity contribution in [3.63, 3.8) is 0 Å². The van der Waals surface area contributed by atoms with Crippen molar-refractivity contribution in [3.8, 4) is 17.2 Å². The molecule has 9 heteroatoms. The maximum Gasteiger partial charge on any atom is 0.258 e. The Morgan fingerprint density at radius 3 is 2.70 bits per heavy atom. The van der Waals surface area contributed by atoms with Gasteiger partial charge >= 0.3 is 0 Å². The lowest BCUT2D eigenvalue weighted by Crippen LogP contribution is -2.49. The number of aliphatic hydroxyl groups excluding tert-OH is 1. The smallest absolute Gasteiger partial charge is 0.258 e. The number of hydrogen-bond acceptors (Lipinski definition) is 7. The van der Waals surface area contributed by atoms with E-state index in [1.165, 1.54) is 6.42 Å². The molecule has 0 spiro atoms. The van der Waals surface area contributed by atoms with E-state index in [-0.39, 0.29) is 49.2 Å². The predicted molar refractivity (Wildman–Crippen MR) is 152 cm³/mol. The summed E-state index contributed by atoms with van der Waals surface area (Å²) in [7, 11) is 2.04. The van der Waals surface area contributed by atoms with Gasteiger partial charge in [-0.3, -0.25) is 14.5 Å². The molecule has 1 fully saturated rings. The zero-order valence-electron chi connectivity index (χ0n) is 23.7. The van der Waals surface area contributed by atoms with Gasteiger partial charge in [-0.1, -0.05) is 38.3 Å². The lowest BCUT2D eigenvalue weighted by atomic mass is 9.88. The van der Waals surface area contributed by atoms with Crippen molar-refractivity contribution in [1.29, 1.82) is 0 Å². The van der Waals surface area contributed by atoms with Crippen molar-refractivity contribution in [2.75, 3.05) is 38.9 Å². The Bertz CT molecular complexity index is 1210. The minimum absolute atomic E-state index is 0.0173. The van der Waals surface area contributed by atoms with Gasteiger partial charge in [-0.2, -0.15) is 0 Å². The average molecular weight is 552 g/mol. The van der Waals surface area contributed by atoms with Crippen LogP contribution in [0.25, 0.3) is 0 Å². The highest BCUT2D eigenvalue weighted by Crippen LogP contribution is 2.36. The summed E-state index contributed by atoms with van der Waals surface area (Å²) in [5.74, 6) is 1.63. The van der Waals surface area contributed by atoms with E-state index in [1.807, 2.05) is 38.2 Å². The summed E-state index contributed by atoms with van der Waals surface area (Å²) >= 11 is 0. The van der Waals surface area contributed by atoms with Crippen LogP contribution in [0.5, 0.6) is 17.2 Å². The van der Waals surface area contributed by atoms with E-state index in [2.05, 4.69) is 17.1 Å². The summed E-state index contributed by atoms with van der Waals surface area (Å²) in [6.07, 6.45) is 4.78. The predicted octanol–water partition coefficient (Wildman–Crippen LogP) is 4.29. The fraction of sp³-hybridized carbons (Fsp3) is 0.548. The van der Waals surface area contributed by atoms with Crippen LogP contribution in [0.15, 0.2) is 36.4 Å². The molecular formula is C31H41N3O6.